The molecule has 3 fully saturated rings. The van der Waals surface area contributed by atoms with E-state index in [1.807, 2.05) is 26.0 Å². The van der Waals surface area contributed by atoms with Crippen LogP contribution in [0.15, 0.2) is 40.8 Å². The second-order valence-electron chi connectivity index (χ2n) is 22.4. The van der Waals surface area contributed by atoms with Crippen molar-refractivity contribution >= 4 is 16.0 Å². The molecule has 4 aliphatic carbocycles. The van der Waals surface area contributed by atoms with Crippen molar-refractivity contribution in [3.8, 4) is 0 Å². The maximum absolute atomic E-state index is 14.6. The lowest BCUT2D eigenvalue weighted by Gasteiger charge is -2.70. The Morgan fingerprint density at radius 3 is 2.15 bits per heavy atom. The van der Waals surface area contributed by atoms with Gasteiger partial charge in [-0.1, -0.05) is 119 Å². The SMILES string of the molecule is CCCCOC(=O)[C@@H]1[C@@](C)([C@H](C)C(C)C)CC[C@]2(C)[C@H]3CC[C@H]4C(C)(COC)[C@@H](OC[C@](C)(NS(=O)(=O)c5ccc(C)cc5)C(C)(C)C)[C@H](OC)C[C@]4(C)C3=CC[C@@]12C. The van der Waals surface area contributed by atoms with E-state index in [-0.39, 0.29) is 63.2 Å². The first kappa shape index (κ1) is 48.3. The molecule has 1 aromatic rings. The fourth-order valence-electron chi connectivity index (χ4n) is 13.1. The van der Waals surface area contributed by atoms with Crippen LogP contribution in [0.25, 0.3) is 0 Å². The third-order valence-corrected chi connectivity index (χ3v) is 19.5. The number of aryl methyl sites for hydroxylation is 1. The molecule has 3 saturated carbocycles. The number of fused-ring (bicyclic) bond motifs is 5. The van der Waals surface area contributed by atoms with Crippen molar-refractivity contribution in [1.29, 1.82) is 0 Å². The first-order chi connectivity index (χ1) is 27.3. The molecule has 0 amide bonds. The molecule has 0 aromatic heterocycles. The second kappa shape index (κ2) is 17.1. The van der Waals surface area contributed by atoms with Crippen molar-refractivity contribution < 1.29 is 32.2 Å². The van der Waals surface area contributed by atoms with Gasteiger partial charge in [0.15, 0.2) is 0 Å². The second-order valence-corrected chi connectivity index (χ2v) is 24.1. The number of benzene rings is 1. The Hall–Kier alpha value is -1.78. The van der Waals surface area contributed by atoms with Crippen LogP contribution in [0.2, 0.25) is 0 Å². The van der Waals surface area contributed by atoms with Gasteiger partial charge in [-0.25, -0.2) is 13.1 Å². The maximum atomic E-state index is 14.6. The Kier molecular flexibility index (Phi) is 14.0. The van der Waals surface area contributed by atoms with Gasteiger partial charge in [-0.3, -0.25) is 4.79 Å². The average molecular weight is 842 g/mol. The summed E-state index contributed by atoms with van der Waals surface area (Å²) in [7, 11) is -0.275. The number of carbonyl (C=O) groups is 1. The summed E-state index contributed by atoms with van der Waals surface area (Å²) in [5.41, 5.74) is -0.0332. The van der Waals surface area contributed by atoms with Crippen molar-refractivity contribution in [3.05, 3.63) is 41.5 Å². The largest absolute Gasteiger partial charge is 0.465 e. The Bertz CT molecular complexity index is 1790. The number of sulfonamides is 1. The number of hydrogen-bond acceptors (Lipinski definition) is 7. The quantitative estimate of drug-likeness (QED) is 0.107. The van der Waals surface area contributed by atoms with Crippen LogP contribution in [-0.4, -0.2) is 66.2 Å². The van der Waals surface area contributed by atoms with Crippen LogP contribution in [0, 0.1) is 69.0 Å². The molecule has 0 aliphatic heterocycles. The molecule has 1 N–H and O–H groups in total. The zero-order valence-corrected chi connectivity index (χ0v) is 40.8. The predicted octanol–water partition coefficient (Wildman–Crippen LogP) is 11.0. The lowest BCUT2D eigenvalue weighted by molar-refractivity contribution is -0.230. The average Bonchev–Trinajstić information content (AvgIpc) is 3.14. The number of hydrogen-bond donors (Lipinski definition) is 1. The fraction of sp³-hybridized carbons (Fsp3) is 0.820. The highest BCUT2D eigenvalue weighted by atomic mass is 32.2. The monoisotopic (exact) mass is 842 g/mol. The number of methoxy groups -OCH3 is 2. The zero-order chi connectivity index (χ0) is 44.2. The van der Waals surface area contributed by atoms with E-state index in [9.17, 15) is 13.2 Å². The Morgan fingerprint density at radius 2 is 1.59 bits per heavy atom. The number of rotatable bonds is 15. The van der Waals surface area contributed by atoms with E-state index in [1.165, 1.54) is 5.57 Å². The zero-order valence-electron chi connectivity index (χ0n) is 40.0. The lowest BCUT2D eigenvalue weighted by atomic mass is 9.34. The summed E-state index contributed by atoms with van der Waals surface area (Å²) in [6.07, 6.45) is 9.62. The molecule has 5 rings (SSSR count). The molecule has 0 radical (unpaired) electrons. The summed E-state index contributed by atoms with van der Waals surface area (Å²) in [5, 5.41) is 0. The molecule has 1 unspecified atom stereocenters. The van der Waals surface area contributed by atoms with Crippen LogP contribution >= 0.6 is 0 Å². The molecule has 0 spiro atoms. The highest BCUT2D eigenvalue weighted by Crippen LogP contribution is 2.74. The van der Waals surface area contributed by atoms with E-state index < -0.39 is 26.4 Å². The van der Waals surface area contributed by atoms with E-state index in [4.69, 9.17) is 18.9 Å². The summed E-state index contributed by atoms with van der Waals surface area (Å²) in [4.78, 5) is 14.8. The minimum atomic E-state index is -3.85. The highest BCUT2D eigenvalue weighted by molar-refractivity contribution is 7.89. The number of unbranched alkanes of at least 4 members (excludes halogenated alkanes) is 1. The van der Waals surface area contributed by atoms with Crippen LogP contribution in [0.4, 0.5) is 0 Å². The Labute approximate surface area is 360 Å². The summed E-state index contributed by atoms with van der Waals surface area (Å²) >= 11 is 0. The number of nitrogens with one attached hydrogen (secondary N) is 1. The molecule has 0 bridgehead atoms. The molecule has 336 valence electrons. The summed E-state index contributed by atoms with van der Waals surface area (Å²) < 4.78 is 56.9. The van der Waals surface area contributed by atoms with Gasteiger partial charge < -0.3 is 18.9 Å². The van der Waals surface area contributed by atoms with Gasteiger partial charge in [0, 0.05) is 19.6 Å². The number of allylic oxidation sites excluding steroid dienone is 2. The molecular formula is C50H83NO7S. The van der Waals surface area contributed by atoms with Crippen LogP contribution in [0.3, 0.4) is 0 Å². The molecule has 8 nitrogen and oxygen atoms in total. The van der Waals surface area contributed by atoms with Crippen molar-refractivity contribution in [3.63, 3.8) is 0 Å². The number of ether oxygens (including phenoxy) is 4. The van der Waals surface area contributed by atoms with E-state index in [2.05, 4.69) is 93.9 Å². The number of esters is 1. The first-order valence-electron chi connectivity index (χ1n) is 22.9. The molecule has 12 atom stereocenters. The van der Waals surface area contributed by atoms with Crippen LogP contribution < -0.4 is 4.72 Å². The van der Waals surface area contributed by atoms with E-state index >= 15 is 0 Å². The highest BCUT2D eigenvalue weighted by Gasteiger charge is 2.70. The van der Waals surface area contributed by atoms with Gasteiger partial charge in [-0.2, -0.15) is 0 Å². The van der Waals surface area contributed by atoms with Gasteiger partial charge in [-0.05, 0) is 122 Å². The molecule has 4 aliphatic rings. The minimum absolute atomic E-state index is 0.00630. The van der Waals surface area contributed by atoms with E-state index in [0.717, 1.165) is 56.9 Å². The summed E-state index contributed by atoms with van der Waals surface area (Å²) in [6, 6.07) is 6.98. The van der Waals surface area contributed by atoms with Gasteiger partial charge in [0.05, 0.1) is 48.4 Å². The van der Waals surface area contributed by atoms with E-state index in [0.29, 0.717) is 31.0 Å². The Balaban J connectivity index is 1.52. The van der Waals surface area contributed by atoms with Gasteiger partial charge >= 0.3 is 5.97 Å². The summed E-state index contributed by atoms with van der Waals surface area (Å²) in [5.74, 6) is 1.20. The lowest BCUT2D eigenvalue weighted by Crippen LogP contribution is -2.67. The molecule has 0 saturated heterocycles. The van der Waals surface area contributed by atoms with Crippen molar-refractivity contribution in [2.24, 2.45) is 62.1 Å². The minimum Gasteiger partial charge on any atom is -0.465 e. The third-order valence-electron chi connectivity index (χ3n) is 17.9. The molecule has 0 heterocycles. The standard InChI is InChI=1S/C50H83NO7S/c1-17-18-29-57-43(52)41-45(9,35(5)33(2)3)27-28-48(12)38-23-24-40-46(10,37(38)25-26-49(41,48)13)30-39(56-16)42(47(40,11)31-55-15)58-32-50(14,44(6,7)8)51-59(53,54)36-21-19-34(4)20-22-36/h19-22,25,33,35,38-42,51H,17-18,23-24,26-32H2,1-16H3/t35-,38+,39-,40-,41-,42+,45-,46-,47?,48-,49+,50+/m1/s1. The normalized spacial score (nSPS) is 37.7. The van der Waals surface area contributed by atoms with Crippen molar-refractivity contribution in [2.75, 3.05) is 34.0 Å². The fourth-order valence-corrected chi connectivity index (χ4v) is 14.6. The number of carbonyl (C=O) groups excluding carboxylic acids is 1. The molecule has 9 heteroatoms. The molecule has 59 heavy (non-hydrogen) atoms. The van der Waals surface area contributed by atoms with E-state index in [1.54, 1.807) is 26.4 Å². The smallest absolute Gasteiger partial charge is 0.310 e. The first-order valence-corrected chi connectivity index (χ1v) is 24.4. The van der Waals surface area contributed by atoms with Crippen LogP contribution in [0.5, 0.6) is 0 Å². The van der Waals surface area contributed by atoms with Crippen LogP contribution in [0.1, 0.15) is 147 Å². The van der Waals surface area contributed by atoms with Crippen molar-refractivity contribution in [2.45, 2.75) is 171 Å². The van der Waals surface area contributed by atoms with Gasteiger partial charge in [0.1, 0.15) is 0 Å². The van der Waals surface area contributed by atoms with Gasteiger partial charge in [0.25, 0.3) is 0 Å². The van der Waals surface area contributed by atoms with Gasteiger partial charge in [0.2, 0.25) is 10.0 Å². The maximum Gasteiger partial charge on any atom is 0.310 e. The third kappa shape index (κ3) is 8.17. The summed E-state index contributed by atoms with van der Waals surface area (Å²) in [6.45, 7) is 32.5. The van der Waals surface area contributed by atoms with Crippen LogP contribution in [-0.2, 0) is 33.8 Å². The van der Waals surface area contributed by atoms with Gasteiger partial charge in [-0.15, -0.1) is 0 Å². The Morgan fingerprint density at radius 1 is 0.949 bits per heavy atom. The molecular weight excluding hydrogens is 759 g/mol. The van der Waals surface area contributed by atoms with Crippen molar-refractivity contribution in [1.82, 2.24) is 4.72 Å². The topological polar surface area (TPSA) is 100 Å². The molecule has 1 aromatic carbocycles. The predicted molar refractivity (Wildman–Crippen MR) is 238 cm³/mol.